The topological polar surface area (TPSA) is 115 Å². The average molecular weight is 650 g/mol. The lowest BCUT2D eigenvalue weighted by Crippen LogP contribution is -2.52. The largest absolute Gasteiger partial charge is 0.494 e. The third-order valence-corrected chi connectivity index (χ3v) is 10.5. The fourth-order valence-electron chi connectivity index (χ4n) is 6.20. The first kappa shape index (κ1) is 31.4. The third kappa shape index (κ3) is 7.12. The molecule has 0 aliphatic carbocycles. The molecule has 6 rings (SSSR count). The molecule has 0 atom stereocenters. The molecule has 4 aromatic rings. The van der Waals surface area contributed by atoms with Gasteiger partial charge in [-0.2, -0.15) is 10.1 Å². The molecule has 2 saturated heterocycles. The number of aromatic nitrogens is 4. The number of hydrogen-bond acceptors (Lipinski definition) is 10. The highest BCUT2D eigenvalue weighted by Gasteiger charge is 2.28. The van der Waals surface area contributed by atoms with Crippen molar-refractivity contribution in [2.75, 3.05) is 82.3 Å². The monoisotopic (exact) mass is 649 g/mol. The first-order valence-corrected chi connectivity index (χ1v) is 18.3. The molecule has 2 fully saturated rings. The van der Waals surface area contributed by atoms with E-state index in [1.165, 1.54) is 0 Å². The van der Waals surface area contributed by atoms with Gasteiger partial charge in [-0.15, -0.1) is 0 Å². The van der Waals surface area contributed by atoms with E-state index < -0.39 is 7.14 Å². The second-order valence-electron chi connectivity index (χ2n) is 12.1. The van der Waals surface area contributed by atoms with Gasteiger partial charge in [-0.25, -0.2) is 4.98 Å². The standard InChI is InChI=1S/C32H41ClN9O2P/c1-40-13-15-41(16-14-40)23-9-11-42(12-10-23)28-18-29(44-2)27(17-24(28)22-19-35-36-20-22)38-32-34-21-25(33)31(39-32)37-26-7-5-6-8-30(26)45(3,4)43/h5-8,17-21,23H,9-16H2,1-4H3,(H,35,36)(H2,34,37,38,39). The molecule has 0 spiro atoms. The summed E-state index contributed by atoms with van der Waals surface area (Å²) in [6.07, 6.45) is 7.54. The number of aromatic amines is 1. The minimum Gasteiger partial charge on any atom is -0.494 e. The van der Waals surface area contributed by atoms with E-state index >= 15 is 0 Å². The maximum Gasteiger partial charge on any atom is 0.229 e. The van der Waals surface area contributed by atoms with E-state index in [1.54, 1.807) is 26.6 Å². The number of benzene rings is 2. The Morgan fingerprint density at radius 3 is 2.44 bits per heavy atom. The highest BCUT2D eigenvalue weighted by atomic mass is 35.5. The Balaban J connectivity index is 1.26. The Kier molecular flexibility index (Phi) is 9.33. The van der Waals surface area contributed by atoms with Crippen LogP contribution in [0.3, 0.4) is 0 Å². The third-order valence-electron chi connectivity index (χ3n) is 8.71. The van der Waals surface area contributed by atoms with Gasteiger partial charge in [0.2, 0.25) is 5.95 Å². The fourth-order valence-corrected chi connectivity index (χ4v) is 7.49. The van der Waals surface area contributed by atoms with Gasteiger partial charge in [-0.1, -0.05) is 23.7 Å². The number of methoxy groups -OCH3 is 1. The minimum atomic E-state index is -2.54. The van der Waals surface area contributed by atoms with Crippen LogP contribution in [0.5, 0.6) is 5.75 Å². The number of nitrogens with zero attached hydrogens (tertiary/aromatic N) is 6. The van der Waals surface area contributed by atoms with E-state index in [2.05, 4.69) is 64.7 Å². The van der Waals surface area contributed by atoms with Gasteiger partial charge in [0, 0.05) is 79.7 Å². The van der Waals surface area contributed by atoms with Crippen LogP contribution in [0, 0.1) is 0 Å². The highest BCUT2D eigenvalue weighted by molar-refractivity contribution is 7.70. The molecule has 4 heterocycles. The van der Waals surface area contributed by atoms with Crippen LogP contribution in [0.2, 0.25) is 5.02 Å². The minimum absolute atomic E-state index is 0.341. The maximum atomic E-state index is 12.9. The second-order valence-corrected chi connectivity index (χ2v) is 15.7. The lowest BCUT2D eigenvalue weighted by molar-refractivity contribution is 0.0982. The molecule has 0 amide bonds. The van der Waals surface area contributed by atoms with Crippen LogP contribution in [-0.2, 0) is 4.57 Å². The summed E-state index contributed by atoms with van der Waals surface area (Å²) in [6.45, 7) is 9.98. The van der Waals surface area contributed by atoms with E-state index in [0.29, 0.717) is 40.0 Å². The lowest BCUT2D eigenvalue weighted by Gasteiger charge is -2.43. The smallest absolute Gasteiger partial charge is 0.229 e. The Hall–Kier alpha value is -3.63. The molecule has 2 aromatic heterocycles. The summed E-state index contributed by atoms with van der Waals surface area (Å²) < 4.78 is 18.8. The van der Waals surface area contributed by atoms with Gasteiger partial charge >= 0.3 is 0 Å². The van der Waals surface area contributed by atoms with E-state index in [4.69, 9.17) is 16.3 Å². The summed E-state index contributed by atoms with van der Waals surface area (Å²) in [6, 6.07) is 12.3. The van der Waals surface area contributed by atoms with E-state index in [9.17, 15) is 4.57 Å². The predicted octanol–water partition coefficient (Wildman–Crippen LogP) is 5.48. The van der Waals surface area contributed by atoms with Crippen LogP contribution >= 0.6 is 18.7 Å². The van der Waals surface area contributed by atoms with Gasteiger partial charge in [0.05, 0.1) is 30.9 Å². The molecule has 11 nitrogen and oxygen atoms in total. The summed E-state index contributed by atoms with van der Waals surface area (Å²) in [4.78, 5) is 16.7. The van der Waals surface area contributed by atoms with Crippen LogP contribution in [0.1, 0.15) is 12.8 Å². The zero-order chi connectivity index (χ0) is 31.6. The van der Waals surface area contributed by atoms with Crippen molar-refractivity contribution < 1.29 is 9.30 Å². The van der Waals surface area contributed by atoms with Crippen molar-refractivity contribution in [3.63, 3.8) is 0 Å². The Morgan fingerprint density at radius 1 is 1.00 bits per heavy atom. The van der Waals surface area contributed by atoms with Gasteiger partial charge < -0.3 is 29.7 Å². The van der Waals surface area contributed by atoms with Crippen LogP contribution < -0.4 is 25.6 Å². The number of halogens is 1. The molecule has 0 saturated carbocycles. The summed E-state index contributed by atoms with van der Waals surface area (Å²) in [7, 11) is 1.33. The number of hydrogen-bond donors (Lipinski definition) is 3. The molecule has 0 unspecified atom stereocenters. The Labute approximate surface area is 269 Å². The number of para-hydroxylation sites is 1. The molecule has 45 heavy (non-hydrogen) atoms. The molecule has 2 aromatic carbocycles. The van der Waals surface area contributed by atoms with Crippen LogP contribution in [-0.4, -0.2) is 103 Å². The number of H-pyrrole nitrogens is 1. The number of ether oxygens (including phenoxy) is 1. The maximum absolute atomic E-state index is 12.9. The first-order valence-electron chi connectivity index (χ1n) is 15.3. The molecule has 3 N–H and O–H groups in total. The number of piperidine rings is 1. The number of piperazine rings is 1. The molecule has 2 aliphatic rings. The van der Waals surface area contributed by atoms with Crippen LogP contribution in [0.4, 0.5) is 28.8 Å². The van der Waals surface area contributed by atoms with Crippen LogP contribution in [0.25, 0.3) is 11.1 Å². The molecular weight excluding hydrogens is 609 g/mol. The number of nitrogens with one attached hydrogen (secondary N) is 3. The summed E-state index contributed by atoms with van der Waals surface area (Å²) in [5.41, 5.74) is 4.53. The first-order chi connectivity index (χ1) is 21.7. The van der Waals surface area contributed by atoms with Gasteiger partial charge in [-0.05, 0) is 51.4 Å². The van der Waals surface area contributed by atoms with Crippen molar-refractivity contribution in [2.24, 2.45) is 0 Å². The Morgan fingerprint density at radius 2 is 1.76 bits per heavy atom. The van der Waals surface area contributed by atoms with Crippen molar-refractivity contribution in [3.8, 4) is 16.9 Å². The van der Waals surface area contributed by atoms with Crippen molar-refractivity contribution in [3.05, 3.63) is 60.0 Å². The lowest BCUT2D eigenvalue weighted by atomic mass is 9.98. The van der Waals surface area contributed by atoms with Gasteiger partial charge in [0.1, 0.15) is 17.9 Å². The molecule has 0 radical (unpaired) electrons. The van der Waals surface area contributed by atoms with Crippen LogP contribution in [0.15, 0.2) is 55.0 Å². The van der Waals surface area contributed by atoms with Crippen molar-refractivity contribution >= 4 is 52.9 Å². The van der Waals surface area contributed by atoms with Crippen molar-refractivity contribution in [1.82, 2.24) is 30.0 Å². The molecular formula is C32H41ClN9O2P. The SMILES string of the molecule is COc1cc(N2CCC(N3CCN(C)CC3)CC2)c(-c2cn[nH]c2)cc1Nc1ncc(Cl)c(Nc2ccccc2P(C)(C)=O)n1. The fraction of sp³-hybridized carbons (Fsp3) is 0.406. The molecule has 0 bridgehead atoms. The second kappa shape index (κ2) is 13.4. The normalized spacial score (nSPS) is 17.0. The summed E-state index contributed by atoms with van der Waals surface area (Å²) in [5.74, 6) is 1.42. The van der Waals surface area contributed by atoms with Gasteiger partial charge in [0.25, 0.3) is 0 Å². The number of rotatable bonds is 9. The zero-order valence-electron chi connectivity index (χ0n) is 26.3. The number of likely N-dealkylation sites (N-methyl/N-ethyl adjacent to an activating group) is 1. The summed E-state index contributed by atoms with van der Waals surface area (Å²) >= 11 is 6.51. The van der Waals surface area contributed by atoms with Gasteiger partial charge in [-0.3, -0.25) is 10.00 Å². The van der Waals surface area contributed by atoms with Crippen molar-refractivity contribution in [1.29, 1.82) is 0 Å². The van der Waals surface area contributed by atoms with Crippen molar-refractivity contribution in [2.45, 2.75) is 18.9 Å². The molecule has 238 valence electrons. The molecule has 13 heteroatoms. The van der Waals surface area contributed by atoms with E-state index in [1.807, 2.05) is 36.7 Å². The zero-order valence-corrected chi connectivity index (χ0v) is 27.9. The molecule has 2 aliphatic heterocycles. The Bertz CT molecular complexity index is 1660. The highest BCUT2D eigenvalue weighted by Crippen LogP contribution is 2.42. The average Bonchev–Trinajstić information content (AvgIpc) is 3.58. The van der Waals surface area contributed by atoms with Gasteiger partial charge in [0.15, 0.2) is 5.82 Å². The predicted molar refractivity (Wildman–Crippen MR) is 184 cm³/mol. The van der Waals surface area contributed by atoms with E-state index in [0.717, 1.165) is 74.2 Å². The number of anilines is 5. The quantitative estimate of drug-likeness (QED) is 0.201. The summed E-state index contributed by atoms with van der Waals surface area (Å²) in [5, 5.41) is 14.9. The van der Waals surface area contributed by atoms with E-state index in [-0.39, 0.29) is 0 Å².